The summed E-state index contributed by atoms with van der Waals surface area (Å²) >= 11 is 0. The van der Waals surface area contributed by atoms with Gasteiger partial charge in [-0.2, -0.15) is 0 Å². The molecule has 0 aromatic carbocycles. The SMILES string of the molecule is CCO[C@H]1C(=O)C[C@H]2[C@@H]3CC[C@H]4CCCC[C@]4(C)[C@H]3CC[C@]12C. The Morgan fingerprint density at radius 2 is 1.83 bits per heavy atom. The van der Waals surface area contributed by atoms with Crippen molar-refractivity contribution in [3.63, 3.8) is 0 Å². The Kier molecular flexibility index (Phi) is 3.91. The fourth-order valence-electron chi connectivity index (χ4n) is 7.49. The van der Waals surface area contributed by atoms with Crippen molar-refractivity contribution in [2.45, 2.75) is 84.7 Å². The van der Waals surface area contributed by atoms with Crippen LogP contribution in [0.1, 0.15) is 78.6 Å². The third kappa shape index (κ3) is 2.19. The lowest BCUT2D eigenvalue weighted by atomic mass is 9.45. The van der Waals surface area contributed by atoms with E-state index in [1.807, 2.05) is 6.92 Å². The number of hydrogen-bond donors (Lipinski definition) is 0. The van der Waals surface area contributed by atoms with Crippen molar-refractivity contribution < 1.29 is 9.53 Å². The molecule has 2 nitrogen and oxygen atoms in total. The first kappa shape index (κ1) is 16.1. The van der Waals surface area contributed by atoms with Gasteiger partial charge in [-0.05, 0) is 74.5 Å². The summed E-state index contributed by atoms with van der Waals surface area (Å²) in [6, 6.07) is 0. The molecule has 0 unspecified atom stereocenters. The van der Waals surface area contributed by atoms with Gasteiger partial charge >= 0.3 is 0 Å². The van der Waals surface area contributed by atoms with Gasteiger partial charge in [0.25, 0.3) is 0 Å². The van der Waals surface area contributed by atoms with Crippen LogP contribution in [0.2, 0.25) is 0 Å². The molecule has 130 valence electrons. The zero-order valence-electron chi connectivity index (χ0n) is 15.3. The number of ether oxygens (including phenoxy) is 1. The maximum atomic E-state index is 12.6. The predicted octanol–water partition coefficient (Wildman–Crippen LogP) is 5.00. The first-order valence-corrected chi connectivity index (χ1v) is 10.1. The van der Waals surface area contributed by atoms with Gasteiger partial charge in [-0.3, -0.25) is 4.79 Å². The molecule has 0 saturated heterocycles. The fourth-order valence-corrected chi connectivity index (χ4v) is 7.49. The van der Waals surface area contributed by atoms with Crippen LogP contribution in [0.5, 0.6) is 0 Å². The highest BCUT2D eigenvalue weighted by molar-refractivity contribution is 5.87. The molecule has 0 amide bonds. The second kappa shape index (κ2) is 5.58. The molecule has 4 rings (SSSR count). The van der Waals surface area contributed by atoms with E-state index in [0.717, 1.165) is 24.2 Å². The number of Topliss-reactive ketones (excluding diaryl/α,β-unsaturated/α-hetero) is 1. The zero-order chi connectivity index (χ0) is 16.2. The Labute approximate surface area is 141 Å². The number of ketones is 1. The lowest BCUT2D eigenvalue weighted by molar-refractivity contribution is -0.141. The highest BCUT2D eigenvalue weighted by Gasteiger charge is 2.62. The molecule has 0 aliphatic heterocycles. The second-order valence-electron chi connectivity index (χ2n) is 9.45. The Morgan fingerprint density at radius 3 is 2.61 bits per heavy atom. The van der Waals surface area contributed by atoms with E-state index in [-0.39, 0.29) is 11.5 Å². The van der Waals surface area contributed by atoms with E-state index in [1.165, 1.54) is 51.4 Å². The van der Waals surface area contributed by atoms with Crippen LogP contribution >= 0.6 is 0 Å². The summed E-state index contributed by atoms with van der Waals surface area (Å²) in [5, 5.41) is 0. The molecule has 4 aliphatic rings. The van der Waals surface area contributed by atoms with Crippen LogP contribution in [0.3, 0.4) is 0 Å². The van der Waals surface area contributed by atoms with Crippen molar-refractivity contribution in [1.82, 2.24) is 0 Å². The van der Waals surface area contributed by atoms with Crippen LogP contribution in [0.15, 0.2) is 0 Å². The molecule has 0 aromatic rings. The van der Waals surface area contributed by atoms with Gasteiger partial charge in [-0.25, -0.2) is 0 Å². The van der Waals surface area contributed by atoms with E-state index in [0.29, 0.717) is 23.7 Å². The van der Waals surface area contributed by atoms with Crippen molar-refractivity contribution in [2.75, 3.05) is 6.61 Å². The van der Waals surface area contributed by atoms with Gasteiger partial charge in [-0.1, -0.05) is 26.7 Å². The summed E-state index contributed by atoms with van der Waals surface area (Å²) in [6.07, 6.45) is 11.8. The summed E-state index contributed by atoms with van der Waals surface area (Å²) < 4.78 is 5.95. The lowest BCUT2D eigenvalue weighted by Crippen LogP contribution is -2.53. The first-order chi connectivity index (χ1) is 11.0. The summed E-state index contributed by atoms with van der Waals surface area (Å²) in [6.45, 7) is 7.68. The number of carbonyl (C=O) groups excluding carboxylic acids is 1. The lowest BCUT2D eigenvalue weighted by Gasteiger charge is -2.60. The van der Waals surface area contributed by atoms with Crippen LogP contribution in [0.4, 0.5) is 0 Å². The fraction of sp³-hybridized carbons (Fsp3) is 0.952. The molecule has 0 N–H and O–H groups in total. The first-order valence-electron chi connectivity index (χ1n) is 10.1. The van der Waals surface area contributed by atoms with E-state index in [9.17, 15) is 4.79 Å². The van der Waals surface area contributed by atoms with Crippen LogP contribution in [0.25, 0.3) is 0 Å². The summed E-state index contributed by atoms with van der Waals surface area (Å²) in [7, 11) is 0. The molecule has 23 heavy (non-hydrogen) atoms. The highest BCUT2D eigenvalue weighted by atomic mass is 16.5. The maximum Gasteiger partial charge on any atom is 0.162 e. The van der Waals surface area contributed by atoms with Gasteiger partial charge in [0.2, 0.25) is 0 Å². The number of fused-ring (bicyclic) bond motifs is 5. The largest absolute Gasteiger partial charge is 0.370 e. The third-order valence-electron chi connectivity index (χ3n) is 8.67. The Morgan fingerprint density at radius 1 is 1.00 bits per heavy atom. The molecule has 0 bridgehead atoms. The monoisotopic (exact) mass is 318 g/mol. The van der Waals surface area contributed by atoms with Crippen molar-refractivity contribution in [3.8, 4) is 0 Å². The molecule has 2 heteroatoms. The normalized spacial score (nSPS) is 52.7. The number of carbonyl (C=O) groups is 1. The Bertz CT molecular complexity index is 486. The Hall–Kier alpha value is -0.370. The van der Waals surface area contributed by atoms with Crippen molar-refractivity contribution in [1.29, 1.82) is 0 Å². The minimum atomic E-state index is -0.115. The number of hydrogen-bond acceptors (Lipinski definition) is 2. The van der Waals surface area contributed by atoms with Gasteiger partial charge in [0, 0.05) is 18.4 Å². The highest BCUT2D eigenvalue weighted by Crippen LogP contribution is 2.66. The van der Waals surface area contributed by atoms with Crippen molar-refractivity contribution in [3.05, 3.63) is 0 Å². The van der Waals surface area contributed by atoms with E-state index in [2.05, 4.69) is 13.8 Å². The van der Waals surface area contributed by atoms with Crippen molar-refractivity contribution in [2.24, 2.45) is 34.5 Å². The summed E-state index contributed by atoms with van der Waals surface area (Å²) in [5.41, 5.74) is 0.682. The average Bonchev–Trinajstić information content (AvgIpc) is 2.79. The molecule has 0 heterocycles. The van der Waals surface area contributed by atoms with Crippen LogP contribution in [-0.4, -0.2) is 18.5 Å². The number of rotatable bonds is 2. The predicted molar refractivity (Wildman–Crippen MR) is 92.1 cm³/mol. The molecule has 0 aromatic heterocycles. The van der Waals surface area contributed by atoms with Crippen LogP contribution in [0, 0.1) is 34.5 Å². The average molecular weight is 319 g/mol. The topological polar surface area (TPSA) is 26.3 Å². The third-order valence-corrected chi connectivity index (χ3v) is 8.67. The maximum absolute atomic E-state index is 12.6. The standard InChI is InChI=1S/C21H34O2/c1-4-23-19-18(22)13-17-15-9-8-14-7-5-6-11-20(14,2)16(15)10-12-21(17,19)3/h14-17,19H,4-13H2,1-3H3/t14-,15-,16+,17+,19+,20+,21+/m1/s1. The van der Waals surface area contributed by atoms with Gasteiger partial charge in [0.1, 0.15) is 6.10 Å². The van der Waals surface area contributed by atoms with Crippen molar-refractivity contribution >= 4 is 5.78 Å². The molecular formula is C21H34O2. The quantitative estimate of drug-likeness (QED) is 0.716. The Balaban J connectivity index is 1.63. The molecule has 4 fully saturated rings. The van der Waals surface area contributed by atoms with Crippen LogP contribution < -0.4 is 0 Å². The molecule has 0 radical (unpaired) electrons. The molecule has 4 aliphatic carbocycles. The molecule has 0 spiro atoms. The van der Waals surface area contributed by atoms with E-state index in [4.69, 9.17) is 4.74 Å². The summed E-state index contributed by atoms with van der Waals surface area (Å²) in [5.74, 6) is 3.60. The van der Waals surface area contributed by atoms with E-state index < -0.39 is 0 Å². The van der Waals surface area contributed by atoms with Gasteiger partial charge < -0.3 is 4.74 Å². The minimum Gasteiger partial charge on any atom is -0.370 e. The van der Waals surface area contributed by atoms with Gasteiger partial charge in [0.15, 0.2) is 5.78 Å². The molecule has 7 atom stereocenters. The molecule has 4 saturated carbocycles. The smallest absolute Gasteiger partial charge is 0.162 e. The summed E-state index contributed by atoms with van der Waals surface area (Å²) in [4.78, 5) is 12.6. The second-order valence-corrected chi connectivity index (χ2v) is 9.45. The van der Waals surface area contributed by atoms with Gasteiger partial charge in [0.05, 0.1) is 0 Å². The molecular weight excluding hydrogens is 284 g/mol. The van der Waals surface area contributed by atoms with E-state index in [1.54, 1.807) is 0 Å². The van der Waals surface area contributed by atoms with Gasteiger partial charge in [-0.15, -0.1) is 0 Å². The van der Waals surface area contributed by atoms with E-state index >= 15 is 0 Å². The van der Waals surface area contributed by atoms with Crippen LogP contribution in [-0.2, 0) is 9.53 Å². The zero-order valence-corrected chi connectivity index (χ0v) is 15.3. The minimum absolute atomic E-state index is 0.115.